The van der Waals surface area contributed by atoms with Gasteiger partial charge in [-0.2, -0.15) is 0 Å². The Morgan fingerprint density at radius 1 is 1.40 bits per heavy atom. The van der Waals surface area contributed by atoms with Gasteiger partial charge in [0.15, 0.2) is 0 Å². The SMILES string of the molecule is C=C(C)C(=O)Nc1ccccc1B(O)O. The molecule has 1 amide bonds. The largest absolute Gasteiger partial charge is 0.490 e. The quantitative estimate of drug-likeness (QED) is 0.476. The lowest BCUT2D eigenvalue weighted by atomic mass is 9.79. The average Bonchev–Trinajstić information content (AvgIpc) is 2.18. The van der Waals surface area contributed by atoms with Gasteiger partial charge in [-0.3, -0.25) is 4.79 Å². The zero-order valence-corrected chi connectivity index (χ0v) is 8.40. The Bertz CT molecular complexity index is 390. The Hall–Kier alpha value is -1.59. The third-order valence-corrected chi connectivity index (χ3v) is 1.87. The van der Waals surface area contributed by atoms with Crippen molar-refractivity contribution in [3.8, 4) is 0 Å². The highest BCUT2D eigenvalue weighted by atomic mass is 16.4. The number of hydrogen-bond donors (Lipinski definition) is 3. The normalized spacial score (nSPS) is 9.53. The molecule has 0 aliphatic rings. The van der Waals surface area contributed by atoms with E-state index in [0.717, 1.165) is 0 Å². The van der Waals surface area contributed by atoms with Crippen LogP contribution in [0.3, 0.4) is 0 Å². The van der Waals surface area contributed by atoms with Gasteiger partial charge >= 0.3 is 7.12 Å². The van der Waals surface area contributed by atoms with E-state index in [1.54, 1.807) is 25.1 Å². The summed E-state index contributed by atoms with van der Waals surface area (Å²) in [6.07, 6.45) is 0. The highest BCUT2D eigenvalue weighted by Crippen LogP contribution is 2.05. The first kappa shape index (κ1) is 11.5. The van der Waals surface area contributed by atoms with E-state index in [4.69, 9.17) is 10.0 Å². The van der Waals surface area contributed by atoms with Gasteiger partial charge in [-0.15, -0.1) is 0 Å². The van der Waals surface area contributed by atoms with E-state index in [9.17, 15) is 4.79 Å². The van der Waals surface area contributed by atoms with E-state index in [1.807, 2.05) is 0 Å². The van der Waals surface area contributed by atoms with Gasteiger partial charge in [0.2, 0.25) is 0 Å². The molecular weight excluding hydrogens is 193 g/mol. The van der Waals surface area contributed by atoms with Crippen LogP contribution in [0.15, 0.2) is 36.4 Å². The molecule has 0 unspecified atom stereocenters. The Kier molecular flexibility index (Phi) is 3.65. The van der Waals surface area contributed by atoms with E-state index >= 15 is 0 Å². The van der Waals surface area contributed by atoms with E-state index in [0.29, 0.717) is 11.3 Å². The molecular formula is C10H12BNO3. The molecule has 1 aromatic carbocycles. The van der Waals surface area contributed by atoms with Crippen molar-refractivity contribution in [1.29, 1.82) is 0 Å². The maximum atomic E-state index is 11.3. The van der Waals surface area contributed by atoms with E-state index in [-0.39, 0.29) is 11.4 Å². The first-order valence-corrected chi connectivity index (χ1v) is 4.44. The number of benzene rings is 1. The third kappa shape index (κ3) is 2.94. The summed E-state index contributed by atoms with van der Waals surface area (Å²) in [5, 5.41) is 20.6. The minimum atomic E-state index is -1.60. The summed E-state index contributed by atoms with van der Waals surface area (Å²) in [4.78, 5) is 11.3. The molecule has 15 heavy (non-hydrogen) atoms. The van der Waals surface area contributed by atoms with Gasteiger partial charge in [-0.25, -0.2) is 0 Å². The summed E-state index contributed by atoms with van der Waals surface area (Å²) < 4.78 is 0. The molecule has 0 aromatic heterocycles. The van der Waals surface area contributed by atoms with Crippen LogP contribution >= 0.6 is 0 Å². The summed E-state index contributed by atoms with van der Waals surface area (Å²) >= 11 is 0. The Morgan fingerprint density at radius 3 is 2.53 bits per heavy atom. The molecule has 0 saturated carbocycles. The van der Waals surface area contributed by atoms with Gasteiger partial charge in [0.25, 0.3) is 5.91 Å². The third-order valence-electron chi connectivity index (χ3n) is 1.87. The lowest BCUT2D eigenvalue weighted by molar-refractivity contribution is -0.112. The van der Waals surface area contributed by atoms with Crippen molar-refractivity contribution in [2.24, 2.45) is 0 Å². The average molecular weight is 205 g/mol. The van der Waals surface area contributed by atoms with Crippen LogP contribution in [0.25, 0.3) is 0 Å². The molecule has 0 atom stereocenters. The van der Waals surface area contributed by atoms with Crippen molar-refractivity contribution >= 4 is 24.2 Å². The van der Waals surface area contributed by atoms with Crippen molar-refractivity contribution in [1.82, 2.24) is 0 Å². The molecule has 0 aliphatic heterocycles. The predicted octanol–water partition coefficient (Wildman–Crippen LogP) is -0.119. The van der Waals surface area contributed by atoms with Crippen LogP contribution < -0.4 is 10.8 Å². The van der Waals surface area contributed by atoms with Gasteiger partial charge in [0.05, 0.1) is 0 Å². The van der Waals surface area contributed by atoms with Crippen LogP contribution in [0.2, 0.25) is 0 Å². The van der Waals surface area contributed by atoms with E-state index in [2.05, 4.69) is 11.9 Å². The topological polar surface area (TPSA) is 69.6 Å². The first-order chi connectivity index (χ1) is 7.02. The number of rotatable bonds is 3. The Labute approximate surface area is 88.4 Å². The maximum absolute atomic E-state index is 11.3. The predicted molar refractivity (Wildman–Crippen MR) is 59.7 cm³/mol. The van der Waals surface area contributed by atoms with E-state index < -0.39 is 7.12 Å². The van der Waals surface area contributed by atoms with E-state index in [1.165, 1.54) is 6.07 Å². The first-order valence-electron chi connectivity index (χ1n) is 4.44. The van der Waals surface area contributed by atoms with Gasteiger partial charge < -0.3 is 15.4 Å². The lowest BCUT2D eigenvalue weighted by Crippen LogP contribution is -2.33. The molecule has 3 N–H and O–H groups in total. The molecule has 5 heteroatoms. The molecule has 0 saturated heterocycles. The second kappa shape index (κ2) is 4.77. The smallest absolute Gasteiger partial charge is 0.423 e. The Balaban J connectivity index is 2.94. The number of carbonyl (C=O) groups is 1. The molecule has 1 aromatic rings. The number of carbonyl (C=O) groups excluding carboxylic acids is 1. The molecule has 0 aliphatic carbocycles. The van der Waals surface area contributed by atoms with Crippen LogP contribution in [0, 0.1) is 0 Å². The molecule has 0 spiro atoms. The molecule has 0 fully saturated rings. The van der Waals surface area contributed by atoms with Crippen LogP contribution in [0.1, 0.15) is 6.92 Å². The summed E-state index contributed by atoms with van der Waals surface area (Å²) in [5.41, 5.74) is 0.991. The number of para-hydroxylation sites is 1. The van der Waals surface area contributed by atoms with Gasteiger partial charge in [0, 0.05) is 16.7 Å². The van der Waals surface area contributed by atoms with Crippen LogP contribution in [-0.4, -0.2) is 23.1 Å². The standard InChI is InChI=1S/C10H12BNO3/c1-7(2)10(13)12-9-6-4-3-5-8(9)11(14)15/h3-6,14-15H,1H2,2H3,(H,12,13). The molecule has 0 bridgehead atoms. The van der Waals surface area contributed by atoms with Crippen molar-refractivity contribution in [2.75, 3.05) is 5.32 Å². The highest BCUT2D eigenvalue weighted by molar-refractivity contribution is 6.60. The summed E-state index contributed by atoms with van der Waals surface area (Å²) in [6.45, 7) is 5.07. The minimum Gasteiger partial charge on any atom is -0.423 e. The molecule has 0 heterocycles. The molecule has 4 nitrogen and oxygen atoms in total. The zero-order chi connectivity index (χ0) is 11.4. The summed E-state index contributed by atoms with van der Waals surface area (Å²) in [5.74, 6) is -0.344. The second-order valence-electron chi connectivity index (χ2n) is 3.20. The van der Waals surface area contributed by atoms with Crippen molar-refractivity contribution in [3.63, 3.8) is 0 Å². The second-order valence-corrected chi connectivity index (χ2v) is 3.20. The van der Waals surface area contributed by atoms with Crippen LogP contribution in [0.4, 0.5) is 5.69 Å². The van der Waals surface area contributed by atoms with Gasteiger partial charge in [-0.05, 0) is 13.0 Å². The molecule has 0 radical (unpaired) electrons. The van der Waals surface area contributed by atoms with Gasteiger partial charge in [-0.1, -0.05) is 24.8 Å². The number of hydrogen-bond acceptors (Lipinski definition) is 3. The Morgan fingerprint density at radius 2 is 2.00 bits per heavy atom. The maximum Gasteiger partial charge on any atom is 0.490 e. The van der Waals surface area contributed by atoms with Crippen molar-refractivity contribution in [3.05, 3.63) is 36.4 Å². The summed E-state index contributed by atoms with van der Waals surface area (Å²) in [6, 6.07) is 6.47. The fourth-order valence-electron chi connectivity index (χ4n) is 1.07. The summed E-state index contributed by atoms with van der Waals surface area (Å²) in [7, 11) is -1.60. The molecule has 1 rings (SSSR count). The molecule has 78 valence electrons. The zero-order valence-electron chi connectivity index (χ0n) is 8.40. The monoisotopic (exact) mass is 205 g/mol. The van der Waals surface area contributed by atoms with Crippen molar-refractivity contribution in [2.45, 2.75) is 6.92 Å². The van der Waals surface area contributed by atoms with Crippen molar-refractivity contribution < 1.29 is 14.8 Å². The number of nitrogens with one attached hydrogen (secondary N) is 1. The van der Waals surface area contributed by atoms with Crippen LogP contribution in [0.5, 0.6) is 0 Å². The fourth-order valence-corrected chi connectivity index (χ4v) is 1.07. The fraction of sp³-hybridized carbons (Fsp3) is 0.100. The van der Waals surface area contributed by atoms with Gasteiger partial charge in [0.1, 0.15) is 0 Å². The minimum absolute atomic E-state index is 0.257. The number of anilines is 1. The number of amides is 1. The highest BCUT2D eigenvalue weighted by Gasteiger charge is 2.16. The van der Waals surface area contributed by atoms with Crippen LogP contribution in [-0.2, 0) is 4.79 Å². The lowest BCUT2D eigenvalue weighted by Gasteiger charge is -2.09.